The van der Waals surface area contributed by atoms with Crippen LogP contribution in [0.4, 0.5) is 0 Å². The summed E-state index contributed by atoms with van der Waals surface area (Å²) in [5, 5.41) is 3.46. The predicted octanol–water partition coefficient (Wildman–Crippen LogP) is 1.32. The molecule has 0 aromatic heterocycles. The number of aliphatic imine (C=N–C) groups is 1. The molecular weight excluding hydrogens is 292 g/mol. The molecule has 2 aliphatic rings. The van der Waals surface area contributed by atoms with Crippen LogP contribution in [0.5, 0.6) is 0 Å². The summed E-state index contributed by atoms with van der Waals surface area (Å²) in [6, 6.07) is 0.798. The van der Waals surface area contributed by atoms with E-state index in [1.54, 1.807) is 0 Å². The van der Waals surface area contributed by atoms with Gasteiger partial charge in [-0.05, 0) is 39.2 Å². The van der Waals surface area contributed by atoms with Gasteiger partial charge in [-0.2, -0.15) is 0 Å². The molecule has 1 aliphatic heterocycles. The van der Waals surface area contributed by atoms with Crippen LogP contribution in [0.25, 0.3) is 0 Å². The zero-order chi connectivity index (χ0) is 16.7. The monoisotopic (exact) mass is 324 g/mol. The van der Waals surface area contributed by atoms with Crippen LogP contribution in [0.2, 0.25) is 0 Å². The van der Waals surface area contributed by atoms with E-state index in [-0.39, 0.29) is 11.9 Å². The molecule has 0 aromatic carbocycles. The van der Waals surface area contributed by atoms with E-state index in [9.17, 15) is 4.79 Å². The fourth-order valence-corrected chi connectivity index (χ4v) is 3.30. The van der Waals surface area contributed by atoms with Gasteiger partial charge in [0.25, 0.3) is 0 Å². The van der Waals surface area contributed by atoms with E-state index in [1.165, 1.54) is 12.8 Å². The molecule has 132 valence electrons. The van der Waals surface area contributed by atoms with Crippen LogP contribution in [0.3, 0.4) is 0 Å². The lowest BCUT2D eigenvalue weighted by Gasteiger charge is -2.34. The zero-order valence-electron chi connectivity index (χ0n) is 14.9. The molecule has 23 heavy (non-hydrogen) atoms. The number of carbonyl (C=O) groups is 1. The summed E-state index contributed by atoms with van der Waals surface area (Å²) in [5.74, 6) is 0.810. The van der Waals surface area contributed by atoms with E-state index in [4.69, 9.17) is 4.74 Å². The first-order valence-corrected chi connectivity index (χ1v) is 9.05. The van der Waals surface area contributed by atoms with Crippen LogP contribution in [-0.4, -0.2) is 74.1 Å². The predicted molar refractivity (Wildman–Crippen MR) is 92.6 cm³/mol. The number of rotatable bonds is 7. The average Bonchev–Trinajstić information content (AvgIpc) is 3.40. The van der Waals surface area contributed by atoms with Crippen LogP contribution >= 0.6 is 0 Å². The highest BCUT2D eigenvalue weighted by molar-refractivity contribution is 5.81. The van der Waals surface area contributed by atoms with E-state index in [0.717, 1.165) is 51.0 Å². The van der Waals surface area contributed by atoms with Gasteiger partial charge in [-0.1, -0.05) is 6.92 Å². The topological polar surface area (TPSA) is 57.2 Å². The largest absolute Gasteiger partial charge is 0.466 e. The molecule has 1 saturated heterocycles. The number of likely N-dealkylation sites (tertiary alicyclic amines) is 1. The summed E-state index contributed by atoms with van der Waals surface area (Å²) < 4.78 is 5.17. The highest BCUT2D eigenvalue weighted by atomic mass is 16.5. The van der Waals surface area contributed by atoms with Gasteiger partial charge in [-0.15, -0.1) is 0 Å². The Hall–Kier alpha value is -1.30. The van der Waals surface area contributed by atoms with Gasteiger partial charge in [0.1, 0.15) is 0 Å². The fourth-order valence-electron chi connectivity index (χ4n) is 3.30. The maximum atomic E-state index is 12.0. The number of ether oxygens (including phenoxy) is 1. The summed E-state index contributed by atoms with van der Waals surface area (Å²) in [4.78, 5) is 21.1. The molecule has 1 aliphatic carbocycles. The summed E-state index contributed by atoms with van der Waals surface area (Å²) in [6.45, 7) is 9.26. The lowest BCUT2D eigenvalue weighted by atomic mass is 9.98. The van der Waals surface area contributed by atoms with Crippen molar-refractivity contribution in [2.24, 2.45) is 10.9 Å². The standard InChI is InChI=1S/C17H32N4O2/c1-4-20(15-8-9-15)12-10-19-17(18-3)21-11-6-7-14(13-21)16(22)23-5-2/h14-15H,4-13H2,1-3H3,(H,18,19). The first kappa shape index (κ1) is 18.0. The zero-order valence-corrected chi connectivity index (χ0v) is 14.9. The van der Waals surface area contributed by atoms with Crippen LogP contribution in [-0.2, 0) is 9.53 Å². The Kier molecular flexibility index (Phi) is 7.15. The van der Waals surface area contributed by atoms with Gasteiger partial charge in [-0.25, -0.2) is 0 Å². The van der Waals surface area contributed by atoms with E-state index < -0.39 is 0 Å². The van der Waals surface area contributed by atoms with Crippen molar-refractivity contribution in [1.29, 1.82) is 0 Å². The molecule has 0 aromatic rings. The Morgan fingerprint density at radius 1 is 1.35 bits per heavy atom. The van der Waals surface area contributed by atoms with E-state index in [2.05, 4.69) is 27.0 Å². The molecule has 0 spiro atoms. The third-order valence-electron chi connectivity index (χ3n) is 4.70. The van der Waals surface area contributed by atoms with Gasteiger partial charge >= 0.3 is 5.97 Å². The molecule has 2 fully saturated rings. The second kappa shape index (κ2) is 9.11. The first-order valence-electron chi connectivity index (χ1n) is 9.05. The molecule has 0 bridgehead atoms. The number of hydrogen-bond acceptors (Lipinski definition) is 4. The first-order chi connectivity index (χ1) is 11.2. The van der Waals surface area contributed by atoms with Crippen molar-refractivity contribution in [3.8, 4) is 0 Å². The van der Waals surface area contributed by atoms with Crippen molar-refractivity contribution in [3.63, 3.8) is 0 Å². The lowest BCUT2D eigenvalue weighted by Crippen LogP contribution is -2.49. The molecule has 0 amide bonds. The van der Waals surface area contributed by atoms with Crippen molar-refractivity contribution >= 4 is 11.9 Å². The molecule has 0 radical (unpaired) electrons. The number of nitrogens with one attached hydrogen (secondary N) is 1. The Bertz CT molecular complexity index is 409. The maximum absolute atomic E-state index is 12.0. The second-order valence-corrected chi connectivity index (χ2v) is 6.37. The number of likely N-dealkylation sites (N-methyl/N-ethyl adjacent to an activating group) is 1. The number of esters is 1. The van der Waals surface area contributed by atoms with Crippen LogP contribution in [0, 0.1) is 5.92 Å². The Morgan fingerprint density at radius 3 is 2.74 bits per heavy atom. The highest BCUT2D eigenvalue weighted by Crippen LogP contribution is 2.25. The molecule has 1 atom stereocenters. The minimum absolute atomic E-state index is 0.0270. The number of hydrogen-bond donors (Lipinski definition) is 1. The summed E-state index contributed by atoms with van der Waals surface area (Å²) in [7, 11) is 1.81. The fraction of sp³-hybridized carbons (Fsp3) is 0.882. The van der Waals surface area contributed by atoms with E-state index >= 15 is 0 Å². The SMILES string of the molecule is CCOC(=O)C1CCCN(C(=NC)NCCN(CC)C2CC2)C1. The maximum Gasteiger partial charge on any atom is 0.310 e. The molecule has 1 heterocycles. The normalized spacial score (nSPS) is 22.3. The second-order valence-electron chi connectivity index (χ2n) is 6.37. The van der Waals surface area contributed by atoms with Crippen molar-refractivity contribution in [2.75, 3.05) is 46.4 Å². The summed E-state index contributed by atoms with van der Waals surface area (Å²) in [5.41, 5.74) is 0. The minimum Gasteiger partial charge on any atom is -0.466 e. The highest BCUT2D eigenvalue weighted by Gasteiger charge is 2.29. The minimum atomic E-state index is -0.0708. The van der Waals surface area contributed by atoms with E-state index in [1.807, 2.05) is 14.0 Å². The molecule has 6 heteroatoms. The Morgan fingerprint density at radius 2 is 2.13 bits per heavy atom. The van der Waals surface area contributed by atoms with Gasteiger partial charge < -0.3 is 15.0 Å². The number of guanidine groups is 1. The van der Waals surface area contributed by atoms with Gasteiger partial charge in [0, 0.05) is 39.3 Å². The van der Waals surface area contributed by atoms with Crippen molar-refractivity contribution in [2.45, 2.75) is 45.6 Å². The third kappa shape index (κ3) is 5.37. The molecule has 6 nitrogen and oxygen atoms in total. The van der Waals surface area contributed by atoms with Crippen molar-refractivity contribution in [3.05, 3.63) is 0 Å². The van der Waals surface area contributed by atoms with Crippen LogP contribution in [0.1, 0.15) is 39.5 Å². The van der Waals surface area contributed by atoms with Crippen molar-refractivity contribution < 1.29 is 9.53 Å². The number of carbonyl (C=O) groups excluding carboxylic acids is 1. The van der Waals surface area contributed by atoms with Gasteiger partial charge in [0.05, 0.1) is 12.5 Å². The molecule has 1 N–H and O–H groups in total. The summed E-state index contributed by atoms with van der Waals surface area (Å²) in [6.07, 6.45) is 4.61. The molecule has 1 unspecified atom stereocenters. The molecule has 1 saturated carbocycles. The third-order valence-corrected chi connectivity index (χ3v) is 4.70. The van der Waals surface area contributed by atoms with Crippen molar-refractivity contribution in [1.82, 2.24) is 15.1 Å². The van der Waals surface area contributed by atoms with Crippen LogP contribution in [0.15, 0.2) is 4.99 Å². The molecular formula is C17H32N4O2. The summed E-state index contributed by atoms with van der Waals surface area (Å²) >= 11 is 0. The quantitative estimate of drug-likeness (QED) is 0.435. The van der Waals surface area contributed by atoms with Gasteiger partial charge in [-0.3, -0.25) is 14.7 Å². The van der Waals surface area contributed by atoms with E-state index in [0.29, 0.717) is 13.2 Å². The average molecular weight is 324 g/mol. The van der Waals surface area contributed by atoms with Gasteiger partial charge in [0.15, 0.2) is 5.96 Å². The molecule has 2 rings (SSSR count). The van der Waals surface area contributed by atoms with Gasteiger partial charge in [0.2, 0.25) is 0 Å². The van der Waals surface area contributed by atoms with Crippen LogP contribution < -0.4 is 5.32 Å². The Balaban J connectivity index is 1.78. The Labute approximate surface area is 140 Å². The smallest absolute Gasteiger partial charge is 0.310 e. The lowest BCUT2D eigenvalue weighted by molar-refractivity contribution is -0.149. The number of nitrogens with zero attached hydrogens (tertiary/aromatic N) is 3. The number of piperidine rings is 1.